The molecule has 3 aromatic carbocycles. The Labute approximate surface area is 239 Å². The second kappa shape index (κ2) is 11.4. The molecule has 5 aromatic rings. The summed E-state index contributed by atoms with van der Waals surface area (Å²) < 4.78 is 46.5. The first-order chi connectivity index (χ1) is 20.2. The number of benzene rings is 3. The van der Waals surface area contributed by atoms with E-state index in [0.29, 0.717) is 32.0 Å². The summed E-state index contributed by atoms with van der Waals surface area (Å²) in [6.45, 7) is 5.90. The Kier molecular flexibility index (Phi) is 7.53. The average molecular weight is 575 g/mol. The van der Waals surface area contributed by atoms with E-state index in [2.05, 4.69) is 30.5 Å². The number of H-pyrrole nitrogens is 1. The summed E-state index contributed by atoms with van der Waals surface area (Å²) in [5, 5.41) is 7.76. The third kappa shape index (κ3) is 5.93. The number of hydrogen-bond acceptors (Lipinski definition) is 6. The normalized spacial score (nSPS) is 14.4. The highest BCUT2D eigenvalue weighted by molar-refractivity contribution is 6.07. The monoisotopic (exact) mass is 574 g/mol. The van der Waals surface area contributed by atoms with Crippen molar-refractivity contribution in [3.05, 3.63) is 83.8 Å². The van der Waals surface area contributed by atoms with Crippen molar-refractivity contribution in [2.24, 2.45) is 0 Å². The van der Waals surface area contributed by atoms with Gasteiger partial charge in [0.15, 0.2) is 0 Å². The lowest BCUT2D eigenvalue weighted by atomic mass is 9.98. The van der Waals surface area contributed by atoms with Gasteiger partial charge in [-0.25, -0.2) is 9.97 Å². The summed E-state index contributed by atoms with van der Waals surface area (Å²) >= 11 is 0. The van der Waals surface area contributed by atoms with Crippen molar-refractivity contribution in [2.75, 3.05) is 50.0 Å². The zero-order valence-corrected chi connectivity index (χ0v) is 22.9. The Hall–Kier alpha value is -4.48. The number of fused-ring (bicyclic) bond motifs is 3. The summed E-state index contributed by atoms with van der Waals surface area (Å²) in [7, 11) is 0. The smallest absolute Gasteiger partial charge is 0.384 e. The first-order valence-corrected chi connectivity index (χ1v) is 13.6. The molecule has 1 saturated heterocycles. The number of nitrogens with zero attached hydrogens (tertiary/aromatic N) is 3. The molecule has 2 aromatic heterocycles. The van der Waals surface area contributed by atoms with E-state index in [1.54, 1.807) is 12.3 Å². The third-order valence-corrected chi connectivity index (χ3v) is 7.46. The van der Waals surface area contributed by atoms with Crippen LogP contribution in [0.25, 0.3) is 33.1 Å². The molecular weight excluding hydrogens is 545 g/mol. The molecule has 0 unspecified atom stereocenters. The quantitative estimate of drug-likeness (QED) is 0.217. The summed E-state index contributed by atoms with van der Waals surface area (Å²) in [6.07, 6.45) is -1.34. The predicted octanol–water partition coefficient (Wildman–Crippen LogP) is 6.10. The number of alkyl halides is 3. The van der Waals surface area contributed by atoms with Gasteiger partial charge in [-0.05, 0) is 60.0 Å². The van der Waals surface area contributed by atoms with Gasteiger partial charge in [-0.2, -0.15) is 13.2 Å². The van der Waals surface area contributed by atoms with E-state index in [-0.39, 0.29) is 11.3 Å². The first-order valence-electron chi connectivity index (χ1n) is 13.6. The maximum atomic E-state index is 13.7. The van der Waals surface area contributed by atoms with Crippen LogP contribution in [0.2, 0.25) is 0 Å². The molecule has 1 fully saturated rings. The molecule has 1 aliphatic rings. The number of carbonyl (C=O) groups is 1. The van der Waals surface area contributed by atoms with Gasteiger partial charge in [-0.1, -0.05) is 18.2 Å². The fourth-order valence-electron chi connectivity index (χ4n) is 5.23. The number of hydrogen-bond donors (Lipinski definition) is 3. The summed E-state index contributed by atoms with van der Waals surface area (Å²) in [5.41, 5.74) is 4.17. The maximum Gasteiger partial charge on any atom is 0.416 e. The lowest BCUT2D eigenvalue weighted by Crippen LogP contribution is -2.39. The zero-order chi connectivity index (χ0) is 29.3. The minimum absolute atomic E-state index is 0.0820. The fourth-order valence-corrected chi connectivity index (χ4v) is 5.23. The Morgan fingerprint density at radius 1 is 1.02 bits per heavy atom. The van der Waals surface area contributed by atoms with Crippen LogP contribution in [-0.2, 0) is 10.9 Å². The maximum absolute atomic E-state index is 13.7. The topological polar surface area (TPSA) is 95.2 Å². The second-order valence-electron chi connectivity index (χ2n) is 10.3. The van der Waals surface area contributed by atoms with Crippen LogP contribution in [0.4, 0.5) is 24.5 Å². The van der Waals surface area contributed by atoms with Gasteiger partial charge in [-0.15, -0.1) is 0 Å². The number of carbonyl (C=O) groups excluding carboxylic acids is 1. The minimum atomic E-state index is -4.60. The number of anilines is 2. The van der Waals surface area contributed by atoms with Crippen LogP contribution in [0, 0.1) is 6.92 Å². The summed E-state index contributed by atoms with van der Waals surface area (Å²) in [4.78, 5) is 27.1. The van der Waals surface area contributed by atoms with Crippen molar-refractivity contribution >= 4 is 39.2 Å². The van der Waals surface area contributed by atoms with Crippen LogP contribution in [-0.4, -0.2) is 65.2 Å². The van der Waals surface area contributed by atoms with Gasteiger partial charge in [0.05, 0.1) is 18.8 Å². The molecule has 0 radical (unpaired) electrons. The Morgan fingerprint density at radius 3 is 2.67 bits per heavy atom. The molecule has 0 spiro atoms. The van der Waals surface area contributed by atoms with E-state index in [1.807, 2.05) is 37.3 Å². The molecule has 0 saturated carbocycles. The first kappa shape index (κ1) is 27.7. The Balaban J connectivity index is 1.23. The van der Waals surface area contributed by atoms with E-state index in [1.165, 1.54) is 12.4 Å². The molecule has 216 valence electrons. The minimum Gasteiger partial charge on any atom is -0.384 e. The Bertz CT molecular complexity index is 1760. The van der Waals surface area contributed by atoms with Crippen LogP contribution in [0.3, 0.4) is 0 Å². The summed E-state index contributed by atoms with van der Waals surface area (Å²) in [6, 6.07) is 14.8. The van der Waals surface area contributed by atoms with Gasteiger partial charge in [-0.3, -0.25) is 9.69 Å². The fraction of sp³-hybridized carbons (Fsp3) is 0.258. The van der Waals surface area contributed by atoms with Crippen molar-refractivity contribution in [1.82, 2.24) is 19.9 Å². The Morgan fingerprint density at radius 2 is 1.86 bits per heavy atom. The second-order valence-corrected chi connectivity index (χ2v) is 10.3. The molecule has 3 heterocycles. The van der Waals surface area contributed by atoms with Crippen molar-refractivity contribution in [1.29, 1.82) is 0 Å². The van der Waals surface area contributed by atoms with Crippen molar-refractivity contribution in [3.8, 4) is 11.1 Å². The molecule has 1 aliphatic heterocycles. The van der Waals surface area contributed by atoms with E-state index >= 15 is 0 Å². The number of halogens is 3. The summed E-state index contributed by atoms with van der Waals surface area (Å²) in [5.74, 6) is -0.628. The number of rotatable bonds is 7. The van der Waals surface area contributed by atoms with Crippen LogP contribution in [0.5, 0.6) is 0 Å². The van der Waals surface area contributed by atoms with Gasteiger partial charge >= 0.3 is 6.18 Å². The van der Waals surface area contributed by atoms with E-state index in [4.69, 9.17) is 4.74 Å². The van der Waals surface area contributed by atoms with Crippen molar-refractivity contribution in [3.63, 3.8) is 0 Å². The van der Waals surface area contributed by atoms with Gasteiger partial charge in [0.2, 0.25) is 0 Å². The number of aromatic nitrogens is 3. The zero-order valence-electron chi connectivity index (χ0n) is 22.9. The highest BCUT2D eigenvalue weighted by atomic mass is 19.4. The van der Waals surface area contributed by atoms with Gasteiger partial charge in [0.1, 0.15) is 12.0 Å². The lowest BCUT2D eigenvalue weighted by Gasteiger charge is -2.26. The molecule has 0 atom stereocenters. The van der Waals surface area contributed by atoms with Crippen molar-refractivity contribution < 1.29 is 22.7 Å². The lowest BCUT2D eigenvalue weighted by molar-refractivity contribution is -0.137. The SMILES string of the molecule is Cc1ccc(NC(=O)c2cc(NCCN3CCOCC3)cc(C(F)(F)F)c2)cc1-c1ccc2c(c1)[nH]c1ncncc12. The van der Waals surface area contributed by atoms with Crippen molar-refractivity contribution in [2.45, 2.75) is 13.1 Å². The molecule has 0 aliphatic carbocycles. The largest absolute Gasteiger partial charge is 0.416 e. The van der Waals surface area contributed by atoms with Crippen LogP contribution in [0.1, 0.15) is 21.5 Å². The third-order valence-electron chi connectivity index (χ3n) is 7.46. The van der Waals surface area contributed by atoms with E-state index in [9.17, 15) is 18.0 Å². The van der Waals surface area contributed by atoms with Crippen LogP contribution in [0.15, 0.2) is 67.1 Å². The molecule has 3 N–H and O–H groups in total. The van der Waals surface area contributed by atoms with Crippen LogP contribution >= 0.6 is 0 Å². The highest BCUT2D eigenvalue weighted by Gasteiger charge is 2.32. The molecule has 8 nitrogen and oxygen atoms in total. The van der Waals surface area contributed by atoms with E-state index < -0.39 is 17.6 Å². The predicted molar refractivity (Wildman–Crippen MR) is 157 cm³/mol. The molecule has 42 heavy (non-hydrogen) atoms. The number of amides is 1. The molecule has 1 amide bonds. The van der Waals surface area contributed by atoms with Gasteiger partial charge in [0, 0.05) is 65.6 Å². The molecule has 6 rings (SSSR count). The van der Waals surface area contributed by atoms with E-state index in [0.717, 1.165) is 63.8 Å². The average Bonchev–Trinajstić information content (AvgIpc) is 3.36. The molecule has 11 heteroatoms. The number of morpholine rings is 1. The van der Waals surface area contributed by atoms with Gasteiger partial charge < -0.3 is 20.4 Å². The number of aryl methyl sites for hydroxylation is 1. The standard InChI is InChI=1S/C31H29F3N6O2/c1-19-2-4-23(16-26(19)20-3-5-25-27-17-35-18-37-29(27)39-28(25)14-20)38-30(41)21-12-22(31(32,33)34)15-24(13-21)36-6-7-40-8-10-42-11-9-40/h2-5,12-18,36H,6-11H2,1H3,(H,38,41)(H,35,37,39). The number of aromatic amines is 1. The number of nitrogens with one attached hydrogen (secondary N) is 3. The van der Waals surface area contributed by atoms with Gasteiger partial charge in [0.25, 0.3) is 5.91 Å². The number of ether oxygens (including phenoxy) is 1. The van der Waals surface area contributed by atoms with Crippen LogP contribution < -0.4 is 10.6 Å². The molecular formula is C31H29F3N6O2. The highest BCUT2D eigenvalue weighted by Crippen LogP contribution is 2.34. The molecule has 0 bridgehead atoms.